The van der Waals surface area contributed by atoms with Crippen LogP contribution in [0.5, 0.6) is 0 Å². The second-order valence-electron chi connectivity index (χ2n) is 2.58. The van der Waals surface area contributed by atoms with E-state index in [0.29, 0.717) is 6.61 Å². The minimum atomic E-state index is -0.602. The fourth-order valence-corrected chi connectivity index (χ4v) is 0.720. The van der Waals surface area contributed by atoms with Crippen molar-refractivity contribution in [1.82, 2.24) is 5.32 Å². The Balaban J connectivity index is 3.96. The molecule has 0 spiro atoms. The minimum absolute atomic E-state index is 0.285. The quantitative estimate of drug-likeness (QED) is 0.425. The number of amides is 1. The van der Waals surface area contributed by atoms with E-state index in [4.69, 9.17) is 0 Å². The maximum absolute atomic E-state index is 10.9. The van der Waals surface area contributed by atoms with Gasteiger partial charge in [0.25, 0.3) is 0 Å². The molecule has 0 saturated carbocycles. The molecule has 0 aromatic carbocycles. The van der Waals surface area contributed by atoms with Crippen LogP contribution in [-0.2, 0) is 14.3 Å². The van der Waals surface area contributed by atoms with E-state index in [1.54, 1.807) is 20.8 Å². The molecule has 0 aliphatic carbocycles. The molecule has 15 heavy (non-hydrogen) atoms. The highest BCUT2D eigenvalue weighted by Gasteiger charge is 2.04. The van der Waals surface area contributed by atoms with Crippen LogP contribution in [0, 0.1) is 11.8 Å². The smallest absolute Gasteiger partial charge is 0.408 e. The summed E-state index contributed by atoms with van der Waals surface area (Å²) in [5, 5.41) is 2.44. The fourth-order valence-electron chi connectivity index (χ4n) is 0.720. The van der Waals surface area contributed by atoms with E-state index in [-0.39, 0.29) is 6.61 Å². The number of carbonyl (C=O) groups is 2. The average Bonchev–Trinajstić information content (AvgIpc) is 2.15. The summed E-state index contributed by atoms with van der Waals surface area (Å²) in [6, 6.07) is -0.451. The summed E-state index contributed by atoms with van der Waals surface area (Å²) in [4.78, 5) is 21.7. The molecule has 0 saturated heterocycles. The predicted octanol–water partition coefficient (Wildman–Crippen LogP) is 0.688. The molecule has 0 bridgehead atoms. The number of hydrogen-bond donors (Lipinski definition) is 1. The standard InChI is InChI=1S/C10H15NO4/c1-4-14-9(12)7-6-8(3)11-10(13)15-5-2/h8H,4-5H2,1-3H3,(H,11,13). The number of nitrogens with one attached hydrogen (secondary N) is 1. The van der Waals surface area contributed by atoms with E-state index in [2.05, 4.69) is 26.6 Å². The summed E-state index contributed by atoms with van der Waals surface area (Å²) in [5.41, 5.74) is 0. The van der Waals surface area contributed by atoms with Gasteiger partial charge in [0.15, 0.2) is 0 Å². The maximum Gasteiger partial charge on any atom is 0.408 e. The topological polar surface area (TPSA) is 64.6 Å². The summed E-state index contributed by atoms with van der Waals surface area (Å²) in [7, 11) is 0. The highest BCUT2D eigenvalue weighted by molar-refractivity contribution is 5.88. The Morgan fingerprint density at radius 2 is 1.87 bits per heavy atom. The molecule has 0 aliphatic rings. The second-order valence-corrected chi connectivity index (χ2v) is 2.58. The van der Waals surface area contributed by atoms with E-state index in [0.717, 1.165) is 0 Å². The van der Waals surface area contributed by atoms with Crippen LogP contribution in [0.3, 0.4) is 0 Å². The summed E-state index contributed by atoms with van der Waals surface area (Å²) in [6.07, 6.45) is -0.553. The molecule has 0 aromatic rings. The molecule has 0 fully saturated rings. The number of alkyl carbamates (subject to hydrolysis) is 1. The Morgan fingerprint density at radius 1 is 1.27 bits per heavy atom. The highest BCUT2D eigenvalue weighted by atomic mass is 16.5. The van der Waals surface area contributed by atoms with Gasteiger partial charge in [0, 0.05) is 5.92 Å². The molecule has 1 N–H and O–H groups in total. The third-order valence-electron chi connectivity index (χ3n) is 1.28. The number of esters is 1. The van der Waals surface area contributed by atoms with Crippen LogP contribution in [0.25, 0.3) is 0 Å². The third-order valence-corrected chi connectivity index (χ3v) is 1.28. The van der Waals surface area contributed by atoms with Crippen molar-refractivity contribution >= 4 is 12.1 Å². The molecule has 0 heterocycles. The van der Waals surface area contributed by atoms with Crippen molar-refractivity contribution in [2.24, 2.45) is 0 Å². The molecule has 5 nitrogen and oxygen atoms in total. The second kappa shape index (κ2) is 7.68. The Bertz CT molecular complexity index is 277. The first kappa shape index (κ1) is 13.3. The van der Waals surface area contributed by atoms with Gasteiger partial charge in [-0.25, -0.2) is 9.59 Å². The lowest BCUT2D eigenvalue weighted by atomic mass is 10.3. The molecule has 0 aromatic heterocycles. The van der Waals surface area contributed by atoms with Crippen LogP contribution in [0.2, 0.25) is 0 Å². The van der Waals surface area contributed by atoms with Crippen molar-refractivity contribution in [2.75, 3.05) is 13.2 Å². The van der Waals surface area contributed by atoms with Crippen LogP contribution >= 0.6 is 0 Å². The molecular formula is C10H15NO4. The number of rotatable bonds is 3. The van der Waals surface area contributed by atoms with Crippen LogP contribution in [0.1, 0.15) is 20.8 Å². The van der Waals surface area contributed by atoms with Crippen molar-refractivity contribution in [3.63, 3.8) is 0 Å². The lowest BCUT2D eigenvalue weighted by Crippen LogP contribution is -2.32. The van der Waals surface area contributed by atoms with Gasteiger partial charge in [-0.3, -0.25) is 0 Å². The Labute approximate surface area is 89.1 Å². The monoisotopic (exact) mass is 213 g/mol. The van der Waals surface area contributed by atoms with Crippen molar-refractivity contribution in [2.45, 2.75) is 26.8 Å². The summed E-state index contributed by atoms with van der Waals surface area (Å²) < 4.78 is 9.22. The van der Waals surface area contributed by atoms with Crippen LogP contribution in [-0.4, -0.2) is 31.3 Å². The lowest BCUT2D eigenvalue weighted by molar-refractivity contribution is -0.136. The minimum Gasteiger partial charge on any atom is -0.456 e. The van der Waals surface area contributed by atoms with E-state index >= 15 is 0 Å². The zero-order chi connectivity index (χ0) is 11.7. The Morgan fingerprint density at radius 3 is 2.40 bits per heavy atom. The number of hydrogen-bond acceptors (Lipinski definition) is 4. The van der Waals surface area contributed by atoms with E-state index in [1.165, 1.54) is 0 Å². The fraction of sp³-hybridized carbons (Fsp3) is 0.600. The lowest BCUT2D eigenvalue weighted by Gasteiger charge is -2.06. The number of ether oxygens (including phenoxy) is 2. The van der Waals surface area contributed by atoms with Gasteiger partial charge in [0.05, 0.1) is 19.3 Å². The summed E-state index contributed by atoms with van der Waals surface area (Å²) in [5.74, 6) is 4.17. The maximum atomic E-state index is 10.9. The van der Waals surface area contributed by atoms with Gasteiger partial charge in [0.2, 0.25) is 0 Å². The Hall–Kier alpha value is -1.70. The van der Waals surface area contributed by atoms with Gasteiger partial charge in [-0.1, -0.05) is 5.92 Å². The van der Waals surface area contributed by atoms with Crippen molar-refractivity contribution in [3.8, 4) is 11.8 Å². The summed E-state index contributed by atoms with van der Waals surface area (Å²) >= 11 is 0. The summed E-state index contributed by atoms with van der Waals surface area (Å²) in [6.45, 7) is 5.62. The molecule has 1 atom stereocenters. The molecule has 5 heteroatoms. The van der Waals surface area contributed by atoms with Gasteiger partial charge in [-0.15, -0.1) is 0 Å². The molecule has 0 aliphatic heterocycles. The first-order valence-corrected chi connectivity index (χ1v) is 4.71. The molecular weight excluding hydrogens is 198 g/mol. The zero-order valence-electron chi connectivity index (χ0n) is 9.12. The first-order chi connectivity index (χ1) is 7.10. The average molecular weight is 213 g/mol. The SMILES string of the molecule is CCOC(=O)C#CC(C)NC(=O)OCC. The van der Waals surface area contributed by atoms with Crippen molar-refractivity contribution in [3.05, 3.63) is 0 Å². The number of carbonyl (C=O) groups excluding carboxylic acids is 2. The largest absolute Gasteiger partial charge is 0.456 e. The van der Waals surface area contributed by atoms with Gasteiger partial charge in [-0.2, -0.15) is 0 Å². The molecule has 84 valence electrons. The van der Waals surface area contributed by atoms with Crippen molar-refractivity contribution < 1.29 is 19.1 Å². The van der Waals surface area contributed by atoms with Gasteiger partial charge < -0.3 is 14.8 Å². The van der Waals surface area contributed by atoms with E-state index in [1.807, 2.05) is 0 Å². The highest BCUT2D eigenvalue weighted by Crippen LogP contribution is 1.83. The van der Waals surface area contributed by atoms with Crippen LogP contribution in [0.15, 0.2) is 0 Å². The third kappa shape index (κ3) is 7.38. The Kier molecular flexibility index (Phi) is 6.81. The van der Waals surface area contributed by atoms with Gasteiger partial charge in [-0.05, 0) is 20.8 Å². The molecule has 0 radical (unpaired) electrons. The van der Waals surface area contributed by atoms with Gasteiger partial charge in [0.1, 0.15) is 0 Å². The molecule has 0 rings (SSSR count). The predicted molar refractivity (Wildman–Crippen MR) is 54.0 cm³/mol. The zero-order valence-corrected chi connectivity index (χ0v) is 9.12. The first-order valence-electron chi connectivity index (χ1n) is 4.71. The van der Waals surface area contributed by atoms with E-state index < -0.39 is 18.1 Å². The van der Waals surface area contributed by atoms with Crippen molar-refractivity contribution in [1.29, 1.82) is 0 Å². The molecule has 1 unspecified atom stereocenters. The van der Waals surface area contributed by atoms with Crippen LogP contribution in [0.4, 0.5) is 4.79 Å². The normalized spacial score (nSPS) is 10.6. The van der Waals surface area contributed by atoms with Gasteiger partial charge >= 0.3 is 12.1 Å². The van der Waals surface area contributed by atoms with E-state index in [9.17, 15) is 9.59 Å². The molecule has 1 amide bonds. The van der Waals surface area contributed by atoms with Crippen LogP contribution < -0.4 is 5.32 Å².